The Morgan fingerprint density at radius 2 is 1.88 bits per heavy atom. The number of halogens is 1. The number of hydrogen-bond acceptors (Lipinski definition) is 3. The first-order valence-corrected chi connectivity index (χ1v) is 10.2. The number of benzene rings is 2. The fourth-order valence-corrected chi connectivity index (χ4v) is 5.82. The van der Waals surface area contributed by atoms with Gasteiger partial charge >= 0.3 is 0 Å². The van der Waals surface area contributed by atoms with E-state index >= 15 is 0 Å². The predicted octanol–water partition coefficient (Wildman–Crippen LogP) is 4.35. The third-order valence-electron chi connectivity index (χ3n) is 3.99. The standard InChI is InChI=1S/C19H21ClNO2P/c1-3-12-21-18(15-8-6-5-7-9-15)13-16-10-11-17(20)14-19(16)24(21,22)23-4-2/h5-11,13-14H,3-4,12H2,1-2H3. The van der Waals surface area contributed by atoms with Crippen LogP contribution >= 0.6 is 19.5 Å². The molecule has 1 unspecified atom stereocenters. The molecule has 0 spiro atoms. The maximum atomic E-state index is 13.9. The normalized spacial score (nSPS) is 19.8. The minimum atomic E-state index is -3.20. The fourth-order valence-electron chi connectivity index (χ4n) is 3.00. The molecular weight excluding hydrogens is 341 g/mol. The van der Waals surface area contributed by atoms with Gasteiger partial charge in [0.2, 0.25) is 7.87 Å². The van der Waals surface area contributed by atoms with Gasteiger partial charge in [-0.2, -0.15) is 0 Å². The molecule has 1 aliphatic heterocycles. The van der Waals surface area contributed by atoms with Crippen molar-refractivity contribution in [1.82, 2.24) is 4.67 Å². The maximum Gasteiger partial charge on any atom is 0.230 e. The Morgan fingerprint density at radius 3 is 2.54 bits per heavy atom. The molecule has 126 valence electrons. The smallest absolute Gasteiger partial charge is 0.230 e. The third-order valence-corrected chi connectivity index (χ3v) is 6.88. The topological polar surface area (TPSA) is 35.5 Å². The first kappa shape index (κ1) is 17.4. The second kappa shape index (κ2) is 7.25. The van der Waals surface area contributed by atoms with E-state index < -0.39 is 7.87 Å². The van der Waals surface area contributed by atoms with E-state index in [0.29, 0.717) is 23.5 Å². The monoisotopic (exact) mass is 361 g/mol. The van der Waals surface area contributed by atoms with Crippen LogP contribution in [0.15, 0.2) is 48.5 Å². The molecule has 0 radical (unpaired) electrons. The molecule has 24 heavy (non-hydrogen) atoms. The zero-order valence-corrected chi connectivity index (χ0v) is 15.6. The highest BCUT2D eigenvalue weighted by Crippen LogP contribution is 2.60. The Labute approximate surface area is 149 Å². The van der Waals surface area contributed by atoms with Crippen LogP contribution in [0.4, 0.5) is 0 Å². The summed E-state index contributed by atoms with van der Waals surface area (Å²) in [6.07, 6.45) is 2.95. The van der Waals surface area contributed by atoms with E-state index in [1.165, 1.54) is 0 Å². The molecule has 1 atom stereocenters. The number of fused-ring (bicyclic) bond motifs is 1. The highest BCUT2D eigenvalue weighted by molar-refractivity contribution is 7.70. The predicted molar refractivity (Wildman–Crippen MR) is 101 cm³/mol. The summed E-state index contributed by atoms with van der Waals surface area (Å²) in [5, 5.41) is 1.26. The van der Waals surface area contributed by atoms with Gasteiger partial charge < -0.3 is 4.89 Å². The first-order valence-electron chi connectivity index (χ1n) is 8.20. The minimum absolute atomic E-state index is 0.380. The van der Waals surface area contributed by atoms with Gasteiger partial charge in [-0.15, -0.1) is 0 Å². The molecule has 2 aromatic carbocycles. The SMILES string of the molecule is CCCN1C(c2ccccc2)=Cc2ccc(Cl)cc2[P+]1([O-])OCC. The van der Waals surface area contributed by atoms with Gasteiger partial charge in [-0.25, -0.2) is 9.19 Å². The van der Waals surface area contributed by atoms with E-state index in [-0.39, 0.29) is 0 Å². The summed E-state index contributed by atoms with van der Waals surface area (Å²) in [6.45, 7) is 4.98. The van der Waals surface area contributed by atoms with Crippen LogP contribution in [0.1, 0.15) is 31.4 Å². The van der Waals surface area contributed by atoms with Gasteiger partial charge in [-0.1, -0.05) is 48.9 Å². The molecule has 2 aromatic rings. The van der Waals surface area contributed by atoms with Gasteiger partial charge in [-0.3, -0.25) is 0 Å². The summed E-state index contributed by atoms with van der Waals surface area (Å²) in [6, 6.07) is 15.5. The Balaban J connectivity index is 2.22. The first-order chi connectivity index (χ1) is 11.6. The maximum absolute atomic E-state index is 13.9. The lowest BCUT2D eigenvalue weighted by molar-refractivity contribution is -0.198. The summed E-state index contributed by atoms with van der Waals surface area (Å²) in [5.74, 6) is 0. The van der Waals surface area contributed by atoms with Crippen molar-refractivity contribution < 1.29 is 9.42 Å². The van der Waals surface area contributed by atoms with Gasteiger partial charge in [0.15, 0.2) is 5.30 Å². The Morgan fingerprint density at radius 1 is 1.12 bits per heavy atom. The largest absolute Gasteiger partial charge is 0.633 e. The molecule has 0 saturated carbocycles. The fraction of sp³-hybridized carbons (Fsp3) is 0.263. The summed E-state index contributed by atoms with van der Waals surface area (Å²) in [4.78, 5) is 13.9. The van der Waals surface area contributed by atoms with Crippen LogP contribution in [0.3, 0.4) is 0 Å². The van der Waals surface area contributed by atoms with Gasteiger partial charge in [-0.05, 0) is 31.6 Å². The lowest BCUT2D eigenvalue weighted by Gasteiger charge is -2.43. The molecular formula is C19H21ClNO2P. The Kier molecular flexibility index (Phi) is 5.27. The third kappa shape index (κ3) is 3.10. The molecule has 0 fully saturated rings. The van der Waals surface area contributed by atoms with Crippen molar-refractivity contribution in [3.05, 3.63) is 64.7 Å². The molecule has 1 heterocycles. The van der Waals surface area contributed by atoms with E-state index in [0.717, 1.165) is 23.2 Å². The average Bonchev–Trinajstić information content (AvgIpc) is 2.59. The van der Waals surface area contributed by atoms with Crippen molar-refractivity contribution in [2.75, 3.05) is 13.2 Å². The molecule has 5 heteroatoms. The molecule has 1 aliphatic rings. The summed E-state index contributed by atoms with van der Waals surface area (Å²) >= 11 is 6.17. The van der Waals surface area contributed by atoms with Gasteiger partial charge in [0.05, 0.1) is 18.8 Å². The lowest BCUT2D eigenvalue weighted by atomic mass is 10.1. The number of rotatable bonds is 5. The van der Waals surface area contributed by atoms with Crippen LogP contribution in [0.25, 0.3) is 11.8 Å². The molecule has 0 saturated heterocycles. The minimum Gasteiger partial charge on any atom is -0.633 e. The van der Waals surface area contributed by atoms with E-state index in [2.05, 4.69) is 13.0 Å². The molecule has 0 N–H and O–H groups in total. The van der Waals surface area contributed by atoms with Crippen LogP contribution in [0, 0.1) is 0 Å². The van der Waals surface area contributed by atoms with Crippen LogP contribution in [0.2, 0.25) is 5.02 Å². The van der Waals surface area contributed by atoms with Crippen molar-refractivity contribution in [3.8, 4) is 0 Å². The Hall–Kier alpha value is -1.38. The van der Waals surface area contributed by atoms with Gasteiger partial charge in [0.1, 0.15) is 0 Å². The highest BCUT2D eigenvalue weighted by Gasteiger charge is 2.45. The number of hydrogen-bond donors (Lipinski definition) is 0. The zero-order chi connectivity index (χ0) is 17.2. The molecule has 0 amide bonds. The molecule has 0 bridgehead atoms. The second-order valence-electron chi connectivity index (χ2n) is 5.66. The summed E-state index contributed by atoms with van der Waals surface area (Å²) in [7, 11) is -3.20. The van der Waals surface area contributed by atoms with Gasteiger partial charge in [0.25, 0.3) is 0 Å². The van der Waals surface area contributed by atoms with E-state index in [9.17, 15) is 4.89 Å². The second-order valence-corrected chi connectivity index (χ2v) is 8.36. The molecule has 0 aromatic heterocycles. The van der Waals surface area contributed by atoms with Crippen molar-refractivity contribution in [1.29, 1.82) is 0 Å². The average molecular weight is 362 g/mol. The van der Waals surface area contributed by atoms with E-state index in [1.807, 2.05) is 54.1 Å². The lowest BCUT2D eigenvalue weighted by Crippen LogP contribution is -2.42. The molecule has 0 aliphatic carbocycles. The Bertz CT molecular complexity index is 750. The van der Waals surface area contributed by atoms with Crippen LogP contribution in [0.5, 0.6) is 0 Å². The van der Waals surface area contributed by atoms with E-state index in [4.69, 9.17) is 16.1 Å². The van der Waals surface area contributed by atoms with Crippen LogP contribution in [-0.4, -0.2) is 17.8 Å². The van der Waals surface area contributed by atoms with Crippen molar-refractivity contribution >= 4 is 36.5 Å². The quantitative estimate of drug-likeness (QED) is 0.743. The van der Waals surface area contributed by atoms with Gasteiger partial charge in [0, 0.05) is 22.2 Å². The van der Waals surface area contributed by atoms with Crippen molar-refractivity contribution in [3.63, 3.8) is 0 Å². The zero-order valence-electron chi connectivity index (χ0n) is 13.9. The van der Waals surface area contributed by atoms with Crippen LogP contribution < -0.4 is 10.2 Å². The summed E-state index contributed by atoms with van der Waals surface area (Å²) < 4.78 is 7.77. The molecule has 3 rings (SSSR count). The van der Waals surface area contributed by atoms with Crippen LogP contribution in [-0.2, 0) is 4.52 Å². The summed E-state index contributed by atoms with van der Waals surface area (Å²) in [5.41, 5.74) is 2.87. The number of nitrogens with zero attached hydrogens (tertiary/aromatic N) is 1. The molecule has 3 nitrogen and oxygen atoms in total. The van der Waals surface area contributed by atoms with Crippen molar-refractivity contribution in [2.45, 2.75) is 20.3 Å². The van der Waals surface area contributed by atoms with Crippen molar-refractivity contribution in [2.24, 2.45) is 0 Å². The van der Waals surface area contributed by atoms with E-state index in [1.54, 1.807) is 6.07 Å². The highest BCUT2D eigenvalue weighted by atomic mass is 35.5.